The molecule has 0 saturated heterocycles. The van der Waals surface area contributed by atoms with Crippen molar-refractivity contribution in [3.63, 3.8) is 0 Å². The summed E-state index contributed by atoms with van der Waals surface area (Å²) in [7, 11) is 0. The molecule has 2 N–H and O–H groups in total. The maximum atomic E-state index is 11.5. The molecule has 0 heterocycles. The lowest BCUT2D eigenvalue weighted by molar-refractivity contribution is -0.144. The molecule has 5 heteroatoms. The summed E-state index contributed by atoms with van der Waals surface area (Å²) in [5.74, 6) is 0.610. The van der Waals surface area contributed by atoms with Gasteiger partial charge in [0.15, 0.2) is 0 Å². The summed E-state index contributed by atoms with van der Waals surface area (Å²) < 4.78 is 10.8. The number of carbonyl (C=O) groups excluding carboxylic acids is 1. The van der Waals surface area contributed by atoms with E-state index in [0.717, 1.165) is 18.8 Å². The Morgan fingerprint density at radius 2 is 1.90 bits per heavy atom. The van der Waals surface area contributed by atoms with Gasteiger partial charge in [0, 0.05) is 13.0 Å². The van der Waals surface area contributed by atoms with Crippen LogP contribution in [-0.2, 0) is 14.3 Å². The molecule has 0 bridgehead atoms. The van der Waals surface area contributed by atoms with Crippen LogP contribution in [0.3, 0.4) is 0 Å². The summed E-state index contributed by atoms with van der Waals surface area (Å²) in [6, 6.07) is 0. The van der Waals surface area contributed by atoms with Crippen LogP contribution in [0.4, 0.5) is 0 Å². The summed E-state index contributed by atoms with van der Waals surface area (Å²) in [4.78, 5) is 11.5. The summed E-state index contributed by atoms with van der Waals surface area (Å²) >= 11 is 0. The van der Waals surface area contributed by atoms with Crippen LogP contribution in [0.15, 0.2) is 0 Å². The van der Waals surface area contributed by atoms with Crippen molar-refractivity contribution < 1.29 is 24.5 Å². The molecular weight excluding hydrogens is 272 g/mol. The molecule has 0 radical (unpaired) electrons. The first-order valence-electron chi connectivity index (χ1n) is 8.18. The summed E-state index contributed by atoms with van der Waals surface area (Å²) in [5.41, 5.74) is 0. The zero-order chi connectivity index (χ0) is 15.5. The smallest absolute Gasteiger partial charge is 0.305 e. The molecule has 0 spiro atoms. The molecule has 0 amide bonds. The molecule has 1 aliphatic rings. The van der Waals surface area contributed by atoms with Crippen molar-refractivity contribution in [1.29, 1.82) is 0 Å². The zero-order valence-corrected chi connectivity index (χ0v) is 13.1. The van der Waals surface area contributed by atoms with Crippen molar-refractivity contribution >= 4 is 5.97 Å². The van der Waals surface area contributed by atoms with E-state index in [4.69, 9.17) is 19.7 Å². The number of hydrogen-bond acceptors (Lipinski definition) is 5. The van der Waals surface area contributed by atoms with E-state index in [0.29, 0.717) is 45.0 Å². The number of hydrogen-bond donors (Lipinski definition) is 2. The van der Waals surface area contributed by atoms with Gasteiger partial charge < -0.3 is 19.7 Å². The molecule has 0 aromatic rings. The maximum Gasteiger partial charge on any atom is 0.305 e. The first-order chi connectivity index (χ1) is 10.1. The number of aliphatic hydroxyl groups excluding tert-OH is 2. The van der Waals surface area contributed by atoms with Gasteiger partial charge in [-0.3, -0.25) is 4.79 Å². The highest BCUT2D eigenvalue weighted by molar-refractivity contribution is 5.69. The van der Waals surface area contributed by atoms with Gasteiger partial charge in [0.2, 0.25) is 0 Å². The number of ether oxygens (including phenoxy) is 2. The van der Waals surface area contributed by atoms with Crippen LogP contribution in [-0.4, -0.2) is 48.2 Å². The lowest BCUT2D eigenvalue weighted by Crippen LogP contribution is -2.21. The van der Waals surface area contributed by atoms with Crippen LogP contribution in [0.2, 0.25) is 0 Å². The van der Waals surface area contributed by atoms with Gasteiger partial charge in [-0.05, 0) is 50.9 Å². The maximum absolute atomic E-state index is 11.5. The average molecular weight is 302 g/mol. The topological polar surface area (TPSA) is 76.0 Å². The fraction of sp³-hybridized carbons (Fsp3) is 0.938. The highest BCUT2D eigenvalue weighted by Gasteiger charge is 2.18. The highest BCUT2D eigenvalue weighted by atomic mass is 16.5. The number of esters is 1. The first-order valence-corrected chi connectivity index (χ1v) is 8.18. The molecule has 1 atom stereocenters. The third-order valence-electron chi connectivity index (χ3n) is 4.00. The Kier molecular flexibility index (Phi) is 9.63. The largest absolute Gasteiger partial charge is 0.466 e. The van der Waals surface area contributed by atoms with Gasteiger partial charge in [-0.15, -0.1) is 0 Å². The van der Waals surface area contributed by atoms with Gasteiger partial charge in [0.25, 0.3) is 0 Å². The third kappa shape index (κ3) is 9.06. The van der Waals surface area contributed by atoms with E-state index in [1.807, 2.05) is 0 Å². The van der Waals surface area contributed by atoms with E-state index < -0.39 is 6.10 Å². The Labute approximate surface area is 127 Å². The van der Waals surface area contributed by atoms with Crippen LogP contribution in [0.1, 0.15) is 58.3 Å². The fourth-order valence-corrected chi connectivity index (χ4v) is 2.53. The van der Waals surface area contributed by atoms with Gasteiger partial charge in [0.05, 0.1) is 25.4 Å². The molecule has 21 heavy (non-hydrogen) atoms. The van der Waals surface area contributed by atoms with Crippen LogP contribution in [0.25, 0.3) is 0 Å². The normalized spacial score (nSPS) is 23.8. The Morgan fingerprint density at radius 1 is 1.19 bits per heavy atom. The molecule has 0 aliphatic heterocycles. The second-order valence-corrected chi connectivity index (χ2v) is 6.06. The van der Waals surface area contributed by atoms with Crippen LogP contribution < -0.4 is 0 Å². The third-order valence-corrected chi connectivity index (χ3v) is 4.00. The van der Waals surface area contributed by atoms with Crippen molar-refractivity contribution in [2.24, 2.45) is 5.92 Å². The molecule has 1 fully saturated rings. The van der Waals surface area contributed by atoms with Gasteiger partial charge >= 0.3 is 5.97 Å². The standard InChI is InChI=1S/C16H30O5/c1-13-6-8-15(9-7-13)20-10-3-5-16(19)21-11-2-4-14(18)12-17/h13-15,17-18H,2-12H2,1H3. The molecule has 5 nitrogen and oxygen atoms in total. The predicted molar refractivity (Wildman–Crippen MR) is 79.9 cm³/mol. The lowest BCUT2D eigenvalue weighted by atomic mass is 9.89. The quantitative estimate of drug-likeness (QED) is 0.477. The average Bonchev–Trinajstić information content (AvgIpc) is 2.49. The van der Waals surface area contributed by atoms with Gasteiger partial charge in [0.1, 0.15) is 0 Å². The highest BCUT2D eigenvalue weighted by Crippen LogP contribution is 2.25. The van der Waals surface area contributed by atoms with E-state index in [-0.39, 0.29) is 12.6 Å². The summed E-state index contributed by atoms with van der Waals surface area (Å²) in [6.07, 6.45) is 6.52. The second kappa shape index (κ2) is 11.0. The van der Waals surface area contributed by atoms with Crippen molar-refractivity contribution in [3.05, 3.63) is 0 Å². The Balaban J connectivity index is 1.91. The van der Waals surface area contributed by atoms with Gasteiger partial charge in [-0.1, -0.05) is 6.92 Å². The van der Waals surface area contributed by atoms with Crippen molar-refractivity contribution in [1.82, 2.24) is 0 Å². The Morgan fingerprint density at radius 3 is 2.57 bits per heavy atom. The minimum atomic E-state index is -0.713. The molecular formula is C16H30O5. The molecule has 0 aromatic heterocycles. The van der Waals surface area contributed by atoms with E-state index in [2.05, 4.69) is 6.92 Å². The van der Waals surface area contributed by atoms with Crippen molar-refractivity contribution in [3.8, 4) is 0 Å². The summed E-state index contributed by atoms with van der Waals surface area (Å²) in [5, 5.41) is 17.8. The predicted octanol–water partition coefficient (Wildman–Crippen LogP) is 2.04. The molecule has 1 unspecified atom stereocenters. The van der Waals surface area contributed by atoms with Crippen LogP contribution in [0, 0.1) is 5.92 Å². The van der Waals surface area contributed by atoms with Crippen molar-refractivity contribution in [2.45, 2.75) is 70.5 Å². The first kappa shape index (κ1) is 18.4. The van der Waals surface area contributed by atoms with Gasteiger partial charge in [-0.2, -0.15) is 0 Å². The van der Waals surface area contributed by atoms with Crippen LogP contribution in [0.5, 0.6) is 0 Å². The minimum absolute atomic E-state index is 0.214. The van der Waals surface area contributed by atoms with Crippen LogP contribution >= 0.6 is 0 Å². The fourth-order valence-electron chi connectivity index (χ4n) is 2.53. The second-order valence-electron chi connectivity index (χ2n) is 6.06. The van der Waals surface area contributed by atoms with Crippen molar-refractivity contribution in [2.75, 3.05) is 19.8 Å². The van der Waals surface area contributed by atoms with E-state index >= 15 is 0 Å². The molecule has 1 aliphatic carbocycles. The zero-order valence-electron chi connectivity index (χ0n) is 13.1. The minimum Gasteiger partial charge on any atom is -0.466 e. The molecule has 1 rings (SSSR count). The Bertz CT molecular complexity index is 274. The number of aliphatic hydroxyl groups is 2. The lowest BCUT2D eigenvalue weighted by Gasteiger charge is -2.26. The SMILES string of the molecule is CC1CCC(OCCCC(=O)OCCCC(O)CO)CC1. The van der Waals surface area contributed by atoms with Gasteiger partial charge in [-0.25, -0.2) is 0 Å². The monoisotopic (exact) mass is 302 g/mol. The van der Waals surface area contributed by atoms with E-state index in [9.17, 15) is 4.79 Å². The van der Waals surface area contributed by atoms with E-state index in [1.54, 1.807) is 0 Å². The number of rotatable bonds is 10. The van der Waals surface area contributed by atoms with E-state index in [1.165, 1.54) is 12.8 Å². The molecule has 1 saturated carbocycles. The number of carbonyl (C=O) groups is 1. The summed E-state index contributed by atoms with van der Waals surface area (Å²) in [6.45, 7) is 2.96. The Hall–Kier alpha value is -0.650. The molecule has 0 aromatic carbocycles. The molecule has 124 valence electrons.